The average Bonchev–Trinajstić information content (AvgIpc) is 2.15. The first kappa shape index (κ1) is 10.4. The summed E-state index contributed by atoms with van der Waals surface area (Å²) in [5.41, 5.74) is 6.63. The highest BCUT2D eigenvalue weighted by Gasteiger charge is 2.24. The van der Waals surface area contributed by atoms with Gasteiger partial charge in [-0.1, -0.05) is 6.07 Å². The van der Waals surface area contributed by atoms with Crippen molar-refractivity contribution in [1.29, 1.82) is 0 Å². The number of hydrogen-bond acceptors (Lipinski definition) is 4. The molecule has 1 aromatic carbocycles. The van der Waals surface area contributed by atoms with Gasteiger partial charge in [0.2, 0.25) is 0 Å². The summed E-state index contributed by atoms with van der Waals surface area (Å²) in [5, 5.41) is 0. The van der Waals surface area contributed by atoms with E-state index in [1.54, 1.807) is 18.2 Å². The van der Waals surface area contributed by atoms with Crippen molar-refractivity contribution in [3.8, 4) is 0 Å². The van der Waals surface area contributed by atoms with E-state index in [2.05, 4.69) is 15.9 Å². The fourth-order valence-corrected chi connectivity index (χ4v) is 1.63. The van der Waals surface area contributed by atoms with Gasteiger partial charge in [0.1, 0.15) is 6.10 Å². The molecule has 1 saturated heterocycles. The lowest BCUT2D eigenvalue weighted by molar-refractivity contribution is -0.103. The topological polar surface area (TPSA) is 61.6 Å². The van der Waals surface area contributed by atoms with Crippen molar-refractivity contribution in [3.05, 3.63) is 28.2 Å². The lowest BCUT2D eigenvalue weighted by Crippen LogP contribution is -2.37. The first-order chi connectivity index (χ1) is 7.18. The second-order valence-electron chi connectivity index (χ2n) is 3.27. The summed E-state index contributed by atoms with van der Waals surface area (Å²) in [6.07, 6.45) is -0.120. The number of carbonyl (C=O) groups excluding carboxylic acids is 1. The molecule has 0 spiro atoms. The number of nitrogens with two attached hydrogens (primary N) is 1. The number of nitrogen functional groups attached to an aromatic ring is 1. The summed E-state index contributed by atoms with van der Waals surface area (Å²) in [6.45, 7) is 0.956. The lowest BCUT2D eigenvalue weighted by atomic mass is 10.2. The van der Waals surface area contributed by atoms with Gasteiger partial charge in [-0.2, -0.15) is 0 Å². The van der Waals surface area contributed by atoms with E-state index in [4.69, 9.17) is 15.2 Å². The molecular weight excluding hydrogens is 262 g/mol. The van der Waals surface area contributed by atoms with E-state index in [0.717, 1.165) is 0 Å². The maximum atomic E-state index is 11.7. The van der Waals surface area contributed by atoms with Gasteiger partial charge in [-0.05, 0) is 28.1 Å². The number of ether oxygens (including phenoxy) is 2. The molecule has 1 heterocycles. The Kier molecular flexibility index (Phi) is 2.93. The molecule has 0 atom stereocenters. The van der Waals surface area contributed by atoms with Crippen molar-refractivity contribution < 1.29 is 14.3 Å². The Labute approximate surface area is 95.5 Å². The van der Waals surface area contributed by atoms with Crippen molar-refractivity contribution >= 4 is 27.6 Å². The van der Waals surface area contributed by atoms with Gasteiger partial charge in [0.05, 0.1) is 23.2 Å². The number of rotatable bonds is 2. The molecule has 1 fully saturated rings. The third-order valence-corrected chi connectivity index (χ3v) is 3.01. The summed E-state index contributed by atoms with van der Waals surface area (Å²) in [6, 6.07) is 5.10. The number of carbonyl (C=O) groups is 1. The molecule has 0 bridgehead atoms. The minimum absolute atomic E-state index is 0.120. The van der Waals surface area contributed by atoms with Crippen LogP contribution in [-0.4, -0.2) is 25.3 Å². The summed E-state index contributed by atoms with van der Waals surface area (Å²) < 4.78 is 10.6. The van der Waals surface area contributed by atoms with Crippen LogP contribution < -0.4 is 5.73 Å². The Balaban J connectivity index is 2.13. The second kappa shape index (κ2) is 4.20. The zero-order valence-corrected chi connectivity index (χ0v) is 9.49. The van der Waals surface area contributed by atoms with E-state index in [9.17, 15) is 4.79 Å². The minimum atomic E-state index is -0.373. The van der Waals surface area contributed by atoms with E-state index in [-0.39, 0.29) is 12.1 Å². The van der Waals surface area contributed by atoms with Gasteiger partial charge < -0.3 is 15.2 Å². The van der Waals surface area contributed by atoms with Crippen LogP contribution >= 0.6 is 15.9 Å². The highest BCUT2D eigenvalue weighted by atomic mass is 79.9. The Bertz CT molecular complexity index is 390. The van der Waals surface area contributed by atoms with E-state index in [0.29, 0.717) is 28.9 Å². The molecule has 0 aliphatic carbocycles. The van der Waals surface area contributed by atoms with Gasteiger partial charge in [0.15, 0.2) is 0 Å². The molecule has 0 aromatic heterocycles. The van der Waals surface area contributed by atoms with E-state index in [1.807, 2.05) is 0 Å². The van der Waals surface area contributed by atoms with Crippen LogP contribution in [0.5, 0.6) is 0 Å². The Hall–Kier alpha value is -1.07. The van der Waals surface area contributed by atoms with Crippen LogP contribution in [0.1, 0.15) is 10.4 Å². The fraction of sp³-hybridized carbons (Fsp3) is 0.300. The van der Waals surface area contributed by atoms with E-state index in [1.165, 1.54) is 0 Å². The third-order valence-electron chi connectivity index (χ3n) is 2.13. The van der Waals surface area contributed by atoms with Crippen LogP contribution in [0.15, 0.2) is 22.7 Å². The molecule has 1 aliphatic rings. The maximum absolute atomic E-state index is 11.7. The van der Waals surface area contributed by atoms with Gasteiger partial charge in [-0.15, -0.1) is 0 Å². The van der Waals surface area contributed by atoms with Crippen molar-refractivity contribution in [2.45, 2.75) is 6.10 Å². The molecule has 1 aliphatic heterocycles. The van der Waals surface area contributed by atoms with Crippen LogP contribution in [-0.2, 0) is 9.47 Å². The molecule has 2 N–H and O–H groups in total. The number of anilines is 1. The smallest absolute Gasteiger partial charge is 0.339 e. The third kappa shape index (κ3) is 2.13. The highest BCUT2D eigenvalue weighted by Crippen LogP contribution is 2.25. The number of esters is 1. The maximum Gasteiger partial charge on any atom is 0.339 e. The average molecular weight is 272 g/mol. The number of benzene rings is 1. The van der Waals surface area contributed by atoms with E-state index >= 15 is 0 Å². The molecule has 0 radical (unpaired) electrons. The molecule has 80 valence electrons. The number of hydrogen-bond donors (Lipinski definition) is 1. The van der Waals surface area contributed by atoms with Gasteiger partial charge in [0.25, 0.3) is 0 Å². The normalized spacial score (nSPS) is 15.8. The number of halogens is 1. The van der Waals surface area contributed by atoms with Crippen LogP contribution in [0.2, 0.25) is 0 Å². The SMILES string of the molecule is Nc1cccc(C(=O)OC2COC2)c1Br. The molecule has 0 saturated carbocycles. The van der Waals surface area contributed by atoms with Crippen molar-refractivity contribution in [2.75, 3.05) is 18.9 Å². The predicted molar refractivity (Wildman–Crippen MR) is 58.6 cm³/mol. The Morgan fingerprint density at radius 1 is 1.53 bits per heavy atom. The summed E-state index contributed by atoms with van der Waals surface area (Å²) in [4.78, 5) is 11.7. The van der Waals surface area contributed by atoms with Crippen molar-refractivity contribution in [3.63, 3.8) is 0 Å². The first-order valence-corrected chi connectivity index (χ1v) is 5.30. The van der Waals surface area contributed by atoms with Crippen LogP contribution in [0.4, 0.5) is 5.69 Å². The predicted octanol–water partition coefficient (Wildman–Crippen LogP) is 1.59. The van der Waals surface area contributed by atoms with Gasteiger partial charge >= 0.3 is 5.97 Å². The Morgan fingerprint density at radius 3 is 2.87 bits per heavy atom. The molecule has 0 unspecified atom stereocenters. The van der Waals surface area contributed by atoms with Crippen LogP contribution in [0.3, 0.4) is 0 Å². The summed E-state index contributed by atoms with van der Waals surface area (Å²) >= 11 is 3.25. The minimum Gasteiger partial charge on any atom is -0.454 e. The van der Waals surface area contributed by atoms with Crippen LogP contribution in [0, 0.1) is 0 Å². The quantitative estimate of drug-likeness (QED) is 0.656. The van der Waals surface area contributed by atoms with Gasteiger partial charge in [0, 0.05) is 5.69 Å². The largest absolute Gasteiger partial charge is 0.454 e. The van der Waals surface area contributed by atoms with Crippen molar-refractivity contribution in [2.24, 2.45) is 0 Å². The molecule has 1 aromatic rings. The lowest BCUT2D eigenvalue weighted by Gasteiger charge is -2.25. The van der Waals surface area contributed by atoms with E-state index < -0.39 is 0 Å². The summed E-state index contributed by atoms with van der Waals surface area (Å²) in [7, 11) is 0. The zero-order chi connectivity index (χ0) is 10.8. The molecule has 0 amide bonds. The summed E-state index contributed by atoms with van der Waals surface area (Å²) in [5.74, 6) is -0.373. The van der Waals surface area contributed by atoms with Gasteiger partial charge in [-0.3, -0.25) is 0 Å². The molecular formula is C10H10BrNO3. The van der Waals surface area contributed by atoms with Gasteiger partial charge in [-0.25, -0.2) is 4.79 Å². The molecule has 5 heteroatoms. The monoisotopic (exact) mass is 271 g/mol. The molecule has 4 nitrogen and oxygen atoms in total. The second-order valence-corrected chi connectivity index (χ2v) is 4.07. The van der Waals surface area contributed by atoms with Crippen LogP contribution in [0.25, 0.3) is 0 Å². The highest BCUT2D eigenvalue weighted by molar-refractivity contribution is 9.10. The standard InChI is InChI=1S/C10H10BrNO3/c11-9-7(2-1-3-8(9)12)10(13)15-6-4-14-5-6/h1-3,6H,4-5,12H2. The molecule has 15 heavy (non-hydrogen) atoms. The molecule has 2 rings (SSSR count). The zero-order valence-electron chi connectivity index (χ0n) is 7.90. The fourth-order valence-electron chi connectivity index (χ4n) is 1.20. The first-order valence-electron chi connectivity index (χ1n) is 4.51. The Morgan fingerprint density at radius 2 is 2.27 bits per heavy atom. The van der Waals surface area contributed by atoms with Crippen molar-refractivity contribution in [1.82, 2.24) is 0 Å².